The Labute approximate surface area is 150 Å². The highest BCUT2D eigenvalue weighted by atomic mass is 16.5. The summed E-state index contributed by atoms with van der Waals surface area (Å²) in [5.74, 6) is -0.981. The number of hydrogen-bond donors (Lipinski definition) is 3. The van der Waals surface area contributed by atoms with E-state index in [1.165, 1.54) is 4.90 Å². The van der Waals surface area contributed by atoms with Gasteiger partial charge in [-0.25, -0.2) is 5.48 Å². The Balaban J connectivity index is 2.98. The molecule has 1 aliphatic carbocycles. The van der Waals surface area contributed by atoms with Gasteiger partial charge in [0, 0.05) is 12.5 Å². The lowest BCUT2D eigenvalue weighted by Crippen LogP contribution is -2.57. The largest absolute Gasteiger partial charge is 0.344 e. The SMILES string of the molecule is CC(C)C(=O)N[C@H](C(=O)N(CC(=O)NO)CC1CCCC1)C(C)(C)C. The molecule has 3 N–H and O–H groups in total. The van der Waals surface area contributed by atoms with Crippen molar-refractivity contribution in [3.8, 4) is 0 Å². The molecule has 0 aromatic rings. The third kappa shape index (κ3) is 6.65. The van der Waals surface area contributed by atoms with Crippen LogP contribution in [-0.4, -0.2) is 47.0 Å². The number of nitrogens with one attached hydrogen (secondary N) is 2. The molecule has 25 heavy (non-hydrogen) atoms. The topological polar surface area (TPSA) is 98.7 Å². The molecular formula is C18H33N3O4. The van der Waals surface area contributed by atoms with Crippen LogP contribution in [0.15, 0.2) is 0 Å². The third-order valence-electron chi connectivity index (χ3n) is 4.65. The van der Waals surface area contributed by atoms with Crippen molar-refractivity contribution < 1.29 is 19.6 Å². The van der Waals surface area contributed by atoms with Gasteiger partial charge >= 0.3 is 0 Å². The fourth-order valence-corrected chi connectivity index (χ4v) is 3.09. The second kappa shape index (κ2) is 9.17. The molecule has 1 fully saturated rings. The Morgan fingerprint density at radius 3 is 2.16 bits per heavy atom. The van der Waals surface area contributed by atoms with Crippen LogP contribution in [0.5, 0.6) is 0 Å². The molecule has 0 aliphatic heterocycles. The summed E-state index contributed by atoms with van der Waals surface area (Å²) in [7, 11) is 0. The average Bonchev–Trinajstić information content (AvgIpc) is 3.02. The van der Waals surface area contributed by atoms with E-state index in [1.54, 1.807) is 19.3 Å². The smallest absolute Gasteiger partial charge is 0.262 e. The number of amides is 3. The first-order chi connectivity index (χ1) is 11.6. The highest BCUT2D eigenvalue weighted by Gasteiger charge is 2.37. The molecule has 0 aromatic heterocycles. The van der Waals surface area contributed by atoms with Gasteiger partial charge in [-0.3, -0.25) is 19.6 Å². The maximum atomic E-state index is 13.1. The van der Waals surface area contributed by atoms with Crippen molar-refractivity contribution in [3.63, 3.8) is 0 Å². The molecule has 0 saturated heterocycles. The summed E-state index contributed by atoms with van der Waals surface area (Å²) in [5, 5.41) is 11.7. The number of nitrogens with zero attached hydrogens (tertiary/aromatic N) is 1. The predicted octanol–water partition coefficient (Wildman–Crippen LogP) is 1.70. The molecular weight excluding hydrogens is 322 g/mol. The van der Waals surface area contributed by atoms with Gasteiger partial charge in [0.15, 0.2) is 0 Å². The zero-order chi connectivity index (χ0) is 19.2. The van der Waals surface area contributed by atoms with Gasteiger partial charge in [0.05, 0.1) is 0 Å². The first-order valence-electron chi connectivity index (χ1n) is 9.08. The second-order valence-corrected chi connectivity index (χ2v) is 8.37. The molecule has 0 heterocycles. The van der Waals surface area contributed by atoms with Gasteiger partial charge in [0.2, 0.25) is 11.8 Å². The Morgan fingerprint density at radius 1 is 1.16 bits per heavy atom. The van der Waals surface area contributed by atoms with E-state index in [1.807, 2.05) is 20.8 Å². The van der Waals surface area contributed by atoms with Gasteiger partial charge in [-0.1, -0.05) is 47.5 Å². The van der Waals surface area contributed by atoms with Crippen molar-refractivity contribution in [2.24, 2.45) is 17.3 Å². The fourth-order valence-electron chi connectivity index (χ4n) is 3.09. The fraction of sp³-hybridized carbons (Fsp3) is 0.833. The zero-order valence-electron chi connectivity index (χ0n) is 16.1. The van der Waals surface area contributed by atoms with Gasteiger partial charge in [-0.05, 0) is 24.2 Å². The second-order valence-electron chi connectivity index (χ2n) is 8.37. The van der Waals surface area contributed by atoms with E-state index in [9.17, 15) is 14.4 Å². The first-order valence-corrected chi connectivity index (χ1v) is 9.08. The summed E-state index contributed by atoms with van der Waals surface area (Å²) < 4.78 is 0. The van der Waals surface area contributed by atoms with Crippen LogP contribution in [0.3, 0.4) is 0 Å². The van der Waals surface area contributed by atoms with Gasteiger partial charge in [-0.15, -0.1) is 0 Å². The number of carbonyl (C=O) groups is 3. The molecule has 0 aromatic carbocycles. The van der Waals surface area contributed by atoms with E-state index in [0.29, 0.717) is 12.5 Å². The minimum atomic E-state index is -0.727. The zero-order valence-corrected chi connectivity index (χ0v) is 16.1. The maximum absolute atomic E-state index is 13.1. The minimum Gasteiger partial charge on any atom is -0.344 e. The predicted molar refractivity (Wildman–Crippen MR) is 94.7 cm³/mol. The van der Waals surface area contributed by atoms with Gasteiger partial charge < -0.3 is 10.2 Å². The lowest BCUT2D eigenvalue weighted by Gasteiger charge is -2.36. The summed E-state index contributed by atoms with van der Waals surface area (Å²) in [6, 6.07) is -0.727. The summed E-state index contributed by atoms with van der Waals surface area (Å²) in [4.78, 5) is 38.4. The number of hydrogen-bond acceptors (Lipinski definition) is 4. The molecule has 0 radical (unpaired) electrons. The van der Waals surface area contributed by atoms with Gasteiger partial charge in [-0.2, -0.15) is 0 Å². The molecule has 1 saturated carbocycles. The van der Waals surface area contributed by atoms with Gasteiger partial charge in [0.1, 0.15) is 12.6 Å². The van der Waals surface area contributed by atoms with Crippen LogP contribution in [0.4, 0.5) is 0 Å². The molecule has 0 bridgehead atoms. The lowest BCUT2D eigenvalue weighted by atomic mass is 9.85. The standard InChI is InChI=1S/C18H33N3O4/c1-12(2)16(23)19-15(18(3,4)5)17(24)21(11-14(22)20-25)10-13-8-6-7-9-13/h12-13,15,25H,6-11H2,1-5H3,(H,19,23)(H,20,22)/t15-/m1/s1. The average molecular weight is 355 g/mol. The van der Waals surface area contributed by atoms with E-state index < -0.39 is 17.4 Å². The molecule has 1 aliphatic rings. The molecule has 0 spiro atoms. The summed E-state index contributed by atoms with van der Waals surface area (Å²) in [6.07, 6.45) is 4.32. The molecule has 7 nitrogen and oxygen atoms in total. The number of rotatable bonds is 7. The lowest BCUT2D eigenvalue weighted by molar-refractivity contribution is -0.144. The minimum absolute atomic E-state index is 0.194. The molecule has 0 unspecified atom stereocenters. The van der Waals surface area contributed by atoms with Crippen molar-refractivity contribution in [3.05, 3.63) is 0 Å². The highest BCUT2D eigenvalue weighted by Crippen LogP contribution is 2.27. The maximum Gasteiger partial charge on any atom is 0.262 e. The molecule has 1 rings (SSSR count). The van der Waals surface area contributed by atoms with Gasteiger partial charge in [0.25, 0.3) is 5.91 Å². The monoisotopic (exact) mass is 355 g/mol. The van der Waals surface area contributed by atoms with Crippen LogP contribution in [0, 0.1) is 17.3 Å². The van der Waals surface area contributed by atoms with Crippen molar-refractivity contribution in [1.29, 1.82) is 0 Å². The van der Waals surface area contributed by atoms with Crippen molar-refractivity contribution in [2.75, 3.05) is 13.1 Å². The van der Waals surface area contributed by atoms with E-state index in [0.717, 1.165) is 25.7 Å². The normalized spacial score (nSPS) is 16.6. The van der Waals surface area contributed by atoms with Crippen molar-refractivity contribution in [1.82, 2.24) is 15.7 Å². The van der Waals surface area contributed by atoms with Crippen molar-refractivity contribution in [2.45, 2.75) is 66.3 Å². The highest BCUT2D eigenvalue weighted by molar-refractivity contribution is 5.91. The van der Waals surface area contributed by atoms with Crippen molar-refractivity contribution >= 4 is 17.7 Å². The molecule has 7 heteroatoms. The van der Waals surface area contributed by atoms with E-state index in [-0.39, 0.29) is 24.3 Å². The van der Waals surface area contributed by atoms with E-state index >= 15 is 0 Å². The van der Waals surface area contributed by atoms with E-state index in [4.69, 9.17) is 5.21 Å². The quantitative estimate of drug-likeness (QED) is 0.478. The number of hydroxylamine groups is 1. The first kappa shape index (κ1) is 21.4. The molecule has 144 valence electrons. The summed E-state index contributed by atoms with van der Waals surface area (Å²) >= 11 is 0. The summed E-state index contributed by atoms with van der Waals surface area (Å²) in [6.45, 7) is 9.46. The Kier molecular flexibility index (Phi) is 7.86. The van der Waals surface area contributed by atoms with E-state index in [2.05, 4.69) is 5.32 Å². The Bertz CT molecular complexity index is 479. The number of carbonyl (C=O) groups excluding carboxylic acids is 3. The summed E-state index contributed by atoms with van der Waals surface area (Å²) in [5.41, 5.74) is 1.10. The molecule has 1 atom stereocenters. The van der Waals surface area contributed by atoms with Crippen LogP contribution in [0.2, 0.25) is 0 Å². The van der Waals surface area contributed by atoms with Crippen LogP contribution in [0.25, 0.3) is 0 Å². The Hall–Kier alpha value is -1.63. The van der Waals surface area contributed by atoms with Crippen LogP contribution in [-0.2, 0) is 14.4 Å². The molecule has 3 amide bonds. The van der Waals surface area contributed by atoms with Crippen LogP contribution >= 0.6 is 0 Å². The third-order valence-corrected chi connectivity index (χ3v) is 4.65. The van der Waals surface area contributed by atoms with Crippen LogP contribution in [0.1, 0.15) is 60.3 Å². The van der Waals surface area contributed by atoms with Crippen LogP contribution < -0.4 is 10.8 Å². The Morgan fingerprint density at radius 2 is 1.72 bits per heavy atom.